The number of carbonyl (C=O) groups excluding carboxylic acids is 1. The summed E-state index contributed by atoms with van der Waals surface area (Å²) in [4.78, 5) is 38.2. The van der Waals surface area contributed by atoms with Crippen molar-refractivity contribution in [3.05, 3.63) is 143 Å². The molecule has 1 aliphatic heterocycles. The number of fused-ring (bicyclic) bond motifs is 1. The van der Waals surface area contributed by atoms with Crippen LogP contribution in [0.5, 0.6) is 17.2 Å². The molecule has 0 bridgehead atoms. The van der Waals surface area contributed by atoms with Gasteiger partial charge in [-0.3, -0.25) is 19.5 Å². The zero-order valence-electron chi connectivity index (χ0n) is 35.2. The third-order valence-electron chi connectivity index (χ3n) is 11.7. The van der Waals surface area contributed by atoms with Crippen LogP contribution in [0.15, 0.2) is 116 Å². The Bertz CT molecular complexity index is 2410. The molecule has 2 N–H and O–H groups in total. The summed E-state index contributed by atoms with van der Waals surface area (Å²) >= 11 is 0. The van der Waals surface area contributed by atoms with Crippen molar-refractivity contribution in [1.29, 1.82) is 0 Å². The van der Waals surface area contributed by atoms with Gasteiger partial charge >= 0.3 is 5.97 Å². The molecule has 2 aromatic heterocycles. The highest BCUT2D eigenvalue weighted by atomic mass is 28.4. The molecule has 0 aliphatic carbocycles. The third-order valence-corrected chi connectivity index (χ3v) is 16.2. The molecule has 4 aromatic carbocycles. The molecule has 0 radical (unpaired) electrons. The second-order valence-electron chi connectivity index (χ2n) is 16.4. The number of rotatable bonds is 15. The van der Waals surface area contributed by atoms with Gasteiger partial charge in [-0.15, -0.1) is 0 Å². The van der Waals surface area contributed by atoms with Crippen molar-refractivity contribution in [3.8, 4) is 17.2 Å². The van der Waals surface area contributed by atoms with Crippen LogP contribution in [0.4, 0.5) is 11.5 Å². The molecule has 1 saturated heterocycles. The lowest BCUT2D eigenvalue weighted by molar-refractivity contribution is -0.384. The van der Waals surface area contributed by atoms with Crippen LogP contribution in [0.25, 0.3) is 11.2 Å². The molecule has 15 nitrogen and oxygen atoms in total. The normalized spacial score (nSPS) is 18.2. The number of nitrogen functional groups attached to an aromatic ring is 1. The largest absolute Gasteiger partial charge is 0.497 e. The number of nitrogens with zero attached hydrogens (tertiary/aromatic N) is 5. The molecule has 6 aromatic rings. The van der Waals surface area contributed by atoms with Crippen LogP contribution in [0.1, 0.15) is 50.1 Å². The maximum atomic E-state index is 14.1. The molecular formula is C45H50N6O9Si. The Balaban J connectivity index is 1.35. The number of nitro groups is 1. The first-order valence-corrected chi connectivity index (χ1v) is 22.8. The fourth-order valence-electron chi connectivity index (χ4n) is 7.42. The summed E-state index contributed by atoms with van der Waals surface area (Å²) in [6, 6.07) is 30.7. The Morgan fingerprint density at radius 2 is 1.41 bits per heavy atom. The molecule has 1 aliphatic rings. The molecule has 3 heterocycles. The van der Waals surface area contributed by atoms with Crippen LogP contribution in [0.3, 0.4) is 0 Å². The highest BCUT2D eigenvalue weighted by Gasteiger charge is 2.53. The second-order valence-corrected chi connectivity index (χ2v) is 21.2. The van der Waals surface area contributed by atoms with E-state index in [0.29, 0.717) is 22.7 Å². The molecule has 0 amide bonds. The van der Waals surface area contributed by atoms with Crippen molar-refractivity contribution < 1.29 is 37.8 Å². The van der Waals surface area contributed by atoms with Gasteiger partial charge in [-0.2, -0.15) is 0 Å². The lowest BCUT2D eigenvalue weighted by Gasteiger charge is -2.41. The van der Waals surface area contributed by atoms with Gasteiger partial charge in [-0.05, 0) is 71.2 Å². The van der Waals surface area contributed by atoms with E-state index in [1.807, 2.05) is 78.9 Å². The van der Waals surface area contributed by atoms with Gasteiger partial charge in [-0.25, -0.2) is 15.0 Å². The minimum absolute atomic E-state index is 0.0277. The van der Waals surface area contributed by atoms with Crippen molar-refractivity contribution in [2.75, 3.05) is 26.6 Å². The summed E-state index contributed by atoms with van der Waals surface area (Å²) in [5.41, 5.74) is 8.23. The highest BCUT2D eigenvalue weighted by molar-refractivity contribution is 6.74. The number of imidazole rings is 1. The van der Waals surface area contributed by atoms with E-state index in [1.165, 1.54) is 30.6 Å². The number of nitrogens with two attached hydrogens (primary N) is 1. The number of non-ortho nitro benzene ring substituents is 1. The number of hydrogen-bond donors (Lipinski definition) is 1. The van der Waals surface area contributed by atoms with E-state index in [4.69, 9.17) is 33.8 Å². The summed E-state index contributed by atoms with van der Waals surface area (Å²) < 4.78 is 40.4. The zero-order chi connectivity index (χ0) is 43.5. The quantitative estimate of drug-likeness (QED) is 0.0260. The van der Waals surface area contributed by atoms with Crippen LogP contribution < -0.4 is 19.9 Å². The van der Waals surface area contributed by atoms with Crippen LogP contribution in [-0.2, 0) is 24.3 Å². The summed E-state index contributed by atoms with van der Waals surface area (Å²) in [6.45, 7) is 10.7. The summed E-state index contributed by atoms with van der Waals surface area (Å²) in [5.74, 6) is 0.488. The molecule has 0 saturated carbocycles. The van der Waals surface area contributed by atoms with Gasteiger partial charge in [0.15, 0.2) is 26.0 Å². The Morgan fingerprint density at radius 3 is 1.97 bits per heavy atom. The van der Waals surface area contributed by atoms with Crippen molar-refractivity contribution in [2.45, 2.75) is 69.4 Å². The minimum atomic E-state index is -2.60. The predicted octanol–water partition coefficient (Wildman–Crippen LogP) is 8.24. The first kappa shape index (κ1) is 42.9. The average Bonchev–Trinajstić information content (AvgIpc) is 3.83. The van der Waals surface area contributed by atoms with E-state index in [2.05, 4.69) is 48.8 Å². The predicted molar refractivity (Wildman–Crippen MR) is 231 cm³/mol. The molecular weight excluding hydrogens is 797 g/mol. The first-order chi connectivity index (χ1) is 29.1. The molecule has 61 heavy (non-hydrogen) atoms. The van der Waals surface area contributed by atoms with Gasteiger partial charge < -0.3 is 33.8 Å². The number of aromatic nitrogens is 4. The fraction of sp³-hybridized carbons (Fsp3) is 0.333. The maximum Gasteiger partial charge on any atom is 0.311 e. The van der Waals surface area contributed by atoms with Gasteiger partial charge in [0.1, 0.15) is 34.7 Å². The number of carbonyl (C=O) groups is 1. The third kappa shape index (κ3) is 8.70. The van der Waals surface area contributed by atoms with Gasteiger partial charge in [-0.1, -0.05) is 75.4 Å². The molecule has 7 rings (SSSR count). The standard InChI is InChI=1S/C45H50N6O9Si/c1-44(2,3)61(6,7)60-40-36(25-38(52)58-35-23-17-32(18-24-35)51(53)54)37(59-43(40)50-28-49-39-41(46)47-27-48-42(39)50)26-57-45(29-11-9-8-10-12-29,30-13-19-33(55-4)20-14-30)31-15-21-34(56-5)22-16-31/h8-24,27-28,36-37,40,43H,25-26H2,1-7H3,(H2,46,47,48)/t36-,37-,40-,43-/m1/s1. The van der Waals surface area contributed by atoms with Gasteiger partial charge in [0.05, 0.1) is 50.7 Å². The monoisotopic (exact) mass is 846 g/mol. The van der Waals surface area contributed by atoms with E-state index in [-0.39, 0.29) is 35.3 Å². The van der Waals surface area contributed by atoms with Gasteiger partial charge in [0.2, 0.25) is 0 Å². The molecule has 0 unspecified atom stereocenters. The zero-order valence-corrected chi connectivity index (χ0v) is 36.2. The lowest BCUT2D eigenvalue weighted by atomic mass is 9.80. The number of nitro benzene ring substituents is 1. The van der Waals surface area contributed by atoms with Gasteiger partial charge in [0.25, 0.3) is 5.69 Å². The molecule has 318 valence electrons. The molecule has 1 fully saturated rings. The van der Waals surface area contributed by atoms with Crippen LogP contribution in [-0.4, -0.2) is 71.8 Å². The van der Waals surface area contributed by atoms with E-state index in [1.54, 1.807) is 25.1 Å². The van der Waals surface area contributed by atoms with Crippen LogP contribution >= 0.6 is 0 Å². The highest BCUT2D eigenvalue weighted by Crippen LogP contribution is 2.48. The van der Waals surface area contributed by atoms with Crippen molar-refractivity contribution in [1.82, 2.24) is 19.5 Å². The number of ether oxygens (including phenoxy) is 5. The maximum absolute atomic E-state index is 14.1. The molecule has 4 atom stereocenters. The minimum Gasteiger partial charge on any atom is -0.497 e. The SMILES string of the molecule is COc1ccc(C(OC[C@H]2O[C@@H](n3cnc4c(N)ncnc43)[C@H](O[Si](C)(C)C(C)(C)C)[C@@H]2CC(=O)Oc2ccc([N+](=O)[O-])cc2)(c2ccccc2)c2ccc(OC)cc2)cc1. The lowest BCUT2D eigenvalue weighted by Crippen LogP contribution is -2.48. The average molecular weight is 847 g/mol. The Labute approximate surface area is 355 Å². The summed E-state index contributed by atoms with van der Waals surface area (Å²) in [7, 11) is 0.631. The van der Waals surface area contributed by atoms with Crippen molar-refractivity contribution in [3.63, 3.8) is 0 Å². The molecule has 16 heteroatoms. The van der Waals surface area contributed by atoms with Crippen molar-refractivity contribution >= 4 is 37.0 Å². The Morgan fingerprint density at radius 1 is 0.836 bits per heavy atom. The van der Waals surface area contributed by atoms with E-state index >= 15 is 0 Å². The number of benzene rings is 4. The first-order valence-electron chi connectivity index (χ1n) is 19.8. The number of anilines is 1. The number of hydrogen-bond acceptors (Lipinski definition) is 13. The van der Waals surface area contributed by atoms with Crippen LogP contribution in [0.2, 0.25) is 18.1 Å². The Hall–Kier alpha value is -6.20. The smallest absolute Gasteiger partial charge is 0.311 e. The van der Waals surface area contributed by atoms with Crippen LogP contribution in [0, 0.1) is 16.0 Å². The van der Waals surface area contributed by atoms with E-state index in [9.17, 15) is 14.9 Å². The number of esters is 1. The Kier molecular flexibility index (Phi) is 12.2. The second kappa shape index (κ2) is 17.4. The summed E-state index contributed by atoms with van der Waals surface area (Å²) in [5, 5.41) is 11.1. The van der Waals surface area contributed by atoms with E-state index < -0.39 is 49.2 Å². The topological polar surface area (TPSA) is 185 Å². The molecule has 0 spiro atoms. The number of methoxy groups -OCH3 is 2. The van der Waals surface area contributed by atoms with Crippen molar-refractivity contribution in [2.24, 2.45) is 5.92 Å². The van der Waals surface area contributed by atoms with E-state index in [0.717, 1.165) is 16.7 Å². The van der Waals surface area contributed by atoms with Gasteiger partial charge in [0, 0.05) is 18.1 Å². The fourth-order valence-corrected chi connectivity index (χ4v) is 8.74. The summed E-state index contributed by atoms with van der Waals surface area (Å²) in [6.07, 6.45) is 0.453.